The third-order valence-corrected chi connectivity index (χ3v) is 5.52. The van der Waals surface area contributed by atoms with E-state index in [9.17, 15) is 9.18 Å². The minimum atomic E-state index is -0.512. The van der Waals surface area contributed by atoms with Crippen LogP contribution in [0.1, 0.15) is 62.8 Å². The summed E-state index contributed by atoms with van der Waals surface area (Å²) in [4.78, 5) is 21.7. The highest BCUT2D eigenvalue weighted by Gasteiger charge is 2.31. The molecule has 4 rings (SSSR count). The predicted octanol–water partition coefficient (Wildman–Crippen LogP) is 4.28. The topological polar surface area (TPSA) is 67.5 Å². The minimum Gasteiger partial charge on any atom is -0.444 e. The van der Waals surface area contributed by atoms with Gasteiger partial charge in [0, 0.05) is 36.3 Å². The van der Waals surface area contributed by atoms with E-state index in [0.717, 1.165) is 47.3 Å². The van der Waals surface area contributed by atoms with Gasteiger partial charge in [-0.3, -0.25) is 0 Å². The third kappa shape index (κ3) is 3.72. The molecule has 0 unspecified atom stereocenters. The first-order chi connectivity index (χ1) is 13.3. The molecule has 2 aromatic heterocycles. The van der Waals surface area contributed by atoms with Crippen LogP contribution in [0.5, 0.6) is 0 Å². The summed E-state index contributed by atoms with van der Waals surface area (Å²) < 4.78 is 26.0. The number of hydrogen-bond acceptors (Lipinski definition) is 4. The standard InChI is InChI=1S/C21H28FN3O3/c1-21(2,3)28-20(26)25-8-6-13(7-9-25)17-15(22)11-23-19-18(17)14-5-4-10-27-12-16(14)24-19/h11,13H,4-10,12H2,1-3H3,(H,23,24). The Hall–Kier alpha value is -2.15. The van der Waals surface area contributed by atoms with E-state index in [1.807, 2.05) is 20.8 Å². The number of halogens is 1. The van der Waals surface area contributed by atoms with Gasteiger partial charge in [-0.15, -0.1) is 0 Å². The fraction of sp³-hybridized carbons (Fsp3) is 0.619. The molecule has 0 radical (unpaired) electrons. The zero-order valence-electron chi connectivity index (χ0n) is 16.8. The second-order valence-electron chi connectivity index (χ2n) is 8.72. The number of nitrogens with one attached hydrogen (secondary N) is 1. The van der Waals surface area contributed by atoms with E-state index in [2.05, 4.69) is 9.97 Å². The maximum atomic E-state index is 14.9. The molecule has 7 heteroatoms. The summed E-state index contributed by atoms with van der Waals surface area (Å²) in [5, 5.41) is 0.927. The lowest BCUT2D eigenvalue weighted by Crippen LogP contribution is -2.41. The molecule has 6 nitrogen and oxygen atoms in total. The van der Waals surface area contributed by atoms with Crippen molar-refractivity contribution in [3.05, 3.63) is 28.8 Å². The molecule has 2 aromatic rings. The molecule has 0 aliphatic carbocycles. The molecule has 28 heavy (non-hydrogen) atoms. The van der Waals surface area contributed by atoms with Gasteiger partial charge in [-0.1, -0.05) is 0 Å². The number of likely N-dealkylation sites (tertiary alicyclic amines) is 1. The van der Waals surface area contributed by atoms with Gasteiger partial charge >= 0.3 is 6.09 Å². The van der Waals surface area contributed by atoms with Crippen molar-refractivity contribution in [3.63, 3.8) is 0 Å². The predicted molar refractivity (Wildman–Crippen MR) is 104 cm³/mol. The molecule has 2 aliphatic heterocycles. The molecule has 4 heterocycles. The summed E-state index contributed by atoms with van der Waals surface area (Å²) in [5.41, 5.74) is 3.12. The van der Waals surface area contributed by atoms with Crippen LogP contribution in [0.2, 0.25) is 0 Å². The summed E-state index contributed by atoms with van der Waals surface area (Å²) >= 11 is 0. The number of aryl methyl sites for hydroxylation is 1. The third-order valence-electron chi connectivity index (χ3n) is 5.52. The van der Waals surface area contributed by atoms with Crippen LogP contribution >= 0.6 is 0 Å². The molecular weight excluding hydrogens is 361 g/mol. The van der Waals surface area contributed by atoms with E-state index in [1.165, 1.54) is 6.20 Å². The fourth-order valence-corrected chi connectivity index (χ4v) is 4.27. The van der Waals surface area contributed by atoms with Crippen LogP contribution in [0.25, 0.3) is 11.0 Å². The summed E-state index contributed by atoms with van der Waals surface area (Å²) in [5.74, 6) is -0.191. The Morgan fingerprint density at radius 1 is 1.36 bits per heavy atom. The number of carbonyl (C=O) groups excluding carboxylic acids is 1. The maximum absolute atomic E-state index is 14.9. The van der Waals surface area contributed by atoms with Gasteiger partial charge in [0.25, 0.3) is 0 Å². The van der Waals surface area contributed by atoms with Crippen molar-refractivity contribution < 1.29 is 18.7 Å². The molecule has 1 amide bonds. The summed E-state index contributed by atoms with van der Waals surface area (Å²) in [7, 11) is 0. The number of fused-ring (bicyclic) bond motifs is 3. The van der Waals surface area contributed by atoms with Crippen LogP contribution in [0.4, 0.5) is 9.18 Å². The van der Waals surface area contributed by atoms with E-state index in [0.29, 0.717) is 32.5 Å². The van der Waals surface area contributed by atoms with Gasteiger partial charge in [0.2, 0.25) is 0 Å². The van der Waals surface area contributed by atoms with E-state index in [-0.39, 0.29) is 17.8 Å². The van der Waals surface area contributed by atoms with E-state index in [4.69, 9.17) is 9.47 Å². The Balaban J connectivity index is 1.59. The molecule has 2 aliphatic rings. The van der Waals surface area contributed by atoms with Gasteiger partial charge in [0.15, 0.2) is 0 Å². The van der Waals surface area contributed by atoms with Crippen LogP contribution in [0.15, 0.2) is 6.20 Å². The summed E-state index contributed by atoms with van der Waals surface area (Å²) in [6, 6.07) is 0. The zero-order valence-corrected chi connectivity index (χ0v) is 16.8. The number of carbonyl (C=O) groups is 1. The van der Waals surface area contributed by atoms with Crippen LogP contribution in [-0.4, -0.2) is 46.3 Å². The number of piperidine rings is 1. The van der Waals surface area contributed by atoms with Gasteiger partial charge in [0.1, 0.15) is 17.1 Å². The van der Waals surface area contributed by atoms with Crippen molar-refractivity contribution in [2.45, 2.75) is 64.6 Å². The number of aromatic nitrogens is 2. The molecule has 1 fully saturated rings. The van der Waals surface area contributed by atoms with Gasteiger partial charge < -0.3 is 19.4 Å². The largest absolute Gasteiger partial charge is 0.444 e. The maximum Gasteiger partial charge on any atom is 0.410 e. The van der Waals surface area contributed by atoms with Gasteiger partial charge in [-0.2, -0.15) is 0 Å². The smallest absolute Gasteiger partial charge is 0.410 e. The van der Waals surface area contributed by atoms with Gasteiger partial charge in [-0.05, 0) is 57.9 Å². The lowest BCUT2D eigenvalue weighted by atomic mass is 9.86. The zero-order chi connectivity index (χ0) is 19.9. The van der Waals surface area contributed by atoms with Crippen molar-refractivity contribution in [1.82, 2.24) is 14.9 Å². The number of H-pyrrole nitrogens is 1. The Morgan fingerprint density at radius 3 is 2.82 bits per heavy atom. The normalized spacial score (nSPS) is 18.8. The summed E-state index contributed by atoms with van der Waals surface area (Å²) in [6.07, 6.45) is 4.24. The highest BCUT2D eigenvalue weighted by atomic mass is 19.1. The fourth-order valence-electron chi connectivity index (χ4n) is 4.27. The van der Waals surface area contributed by atoms with Crippen LogP contribution in [-0.2, 0) is 22.5 Å². The number of hydrogen-bond donors (Lipinski definition) is 1. The van der Waals surface area contributed by atoms with Crippen molar-refractivity contribution in [2.24, 2.45) is 0 Å². The first kappa shape index (κ1) is 19.2. The molecule has 152 valence electrons. The quantitative estimate of drug-likeness (QED) is 0.791. The molecule has 0 aromatic carbocycles. The Bertz CT molecular complexity index is 879. The average molecular weight is 389 g/mol. The molecule has 1 N–H and O–H groups in total. The molecule has 0 spiro atoms. The first-order valence-electron chi connectivity index (χ1n) is 10.1. The Morgan fingerprint density at radius 2 is 2.11 bits per heavy atom. The second kappa shape index (κ2) is 7.35. The van der Waals surface area contributed by atoms with Crippen LogP contribution in [0.3, 0.4) is 0 Å². The molecule has 0 saturated carbocycles. The SMILES string of the molecule is CC(C)(C)OC(=O)N1CCC(c2c(F)cnc3[nH]c4c(c23)CCCOC4)CC1. The lowest BCUT2D eigenvalue weighted by molar-refractivity contribution is 0.0204. The van der Waals surface area contributed by atoms with Crippen LogP contribution in [0, 0.1) is 5.82 Å². The molecule has 1 saturated heterocycles. The Labute approximate surface area is 164 Å². The number of amides is 1. The van der Waals surface area contributed by atoms with E-state index in [1.54, 1.807) is 4.90 Å². The first-order valence-corrected chi connectivity index (χ1v) is 10.1. The van der Waals surface area contributed by atoms with E-state index >= 15 is 0 Å². The van der Waals surface area contributed by atoms with Gasteiger partial charge in [0.05, 0.1) is 12.8 Å². The monoisotopic (exact) mass is 389 g/mol. The number of rotatable bonds is 1. The van der Waals surface area contributed by atoms with E-state index < -0.39 is 5.60 Å². The van der Waals surface area contributed by atoms with Gasteiger partial charge in [-0.25, -0.2) is 14.2 Å². The molecule has 0 bridgehead atoms. The van der Waals surface area contributed by atoms with Crippen molar-refractivity contribution in [1.29, 1.82) is 0 Å². The highest BCUT2D eigenvalue weighted by molar-refractivity contribution is 5.86. The van der Waals surface area contributed by atoms with Crippen molar-refractivity contribution >= 4 is 17.1 Å². The molecular formula is C21H28FN3O3. The highest BCUT2D eigenvalue weighted by Crippen LogP contribution is 2.38. The average Bonchev–Trinajstić information content (AvgIpc) is 2.82. The number of pyridine rings is 1. The summed E-state index contributed by atoms with van der Waals surface area (Å²) in [6.45, 7) is 7.96. The Kier molecular flexibility index (Phi) is 5.04. The lowest BCUT2D eigenvalue weighted by Gasteiger charge is -2.34. The van der Waals surface area contributed by atoms with Crippen molar-refractivity contribution in [2.75, 3.05) is 19.7 Å². The number of nitrogens with zero attached hydrogens (tertiary/aromatic N) is 2. The second-order valence-corrected chi connectivity index (χ2v) is 8.72. The van der Waals surface area contributed by atoms with Crippen LogP contribution < -0.4 is 0 Å². The number of aromatic amines is 1. The molecule has 0 atom stereocenters. The van der Waals surface area contributed by atoms with Crippen molar-refractivity contribution in [3.8, 4) is 0 Å². The minimum absolute atomic E-state index is 0.0632. The number of ether oxygens (including phenoxy) is 2.